The SMILES string of the molecule is Cc1ccc(Cn2nc(C)c(/C=C/C(=O)Nc3ncc(C)s3)c2C)cc1. The van der Waals surface area contributed by atoms with Gasteiger partial charge in [-0.3, -0.25) is 14.8 Å². The minimum Gasteiger partial charge on any atom is -0.298 e. The van der Waals surface area contributed by atoms with Gasteiger partial charge in [0.2, 0.25) is 5.91 Å². The largest absolute Gasteiger partial charge is 0.298 e. The van der Waals surface area contributed by atoms with Crippen LogP contribution < -0.4 is 5.32 Å². The quantitative estimate of drug-likeness (QED) is 0.686. The van der Waals surface area contributed by atoms with E-state index in [2.05, 4.69) is 46.6 Å². The third kappa shape index (κ3) is 4.26. The molecule has 6 heteroatoms. The number of rotatable bonds is 5. The van der Waals surface area contributed by atoms with Crippen LogP contribution in [0.4, 0.5) is 5.13 Å². The van der Waals surface area contributed by atoms with Crippen LogP contribution in [0, 0.1) is 27.7 Å². The molecule has 0 spiro atoms. The second-order valence-electron chi connectivity index (χ2n) is 6.33. The van der Waals surface area contributed by atoms with Gasteiger partial charge in [-0.2, -0.15) is 5.10 Å². The van der Waals surface area contributed by atoms with E-state index in [1.807, 2.05) is 31.5 Å². The third-order valence-electron chi connectivity index (χ3n) is 4.14. The van der Waals surface area contributed by atoms with Crippen LogP contribution in [0.3, 0.4) is 0 Å². The van der Waals surface area contributed by atoms with Crippen molar-refractivity contribution in [2.45, 2.75) is 34.2 Å². The minimum atomic E-state index is -0.190. The first kappa shape index (κ1) is 18.1. The fourth-order valence-electron chi connectivity index (χ4n) is 2.69. The number of anilines is 1. The van der Waals surface area contributed by atoms with Gasteiger partial charge in [0.1, 0.15) is 0 Å². The summed E-state index contributed by atoms with van der Waals surface area (Å²) < 4.78 is 1.97. The Balaban J connectivity index is 1.72. The summed E-state index contributed by atoms with van der Waals surface area (Å²) >= 11 is 1.46. The lowest BCUT2D eigenvalue weighted by atomic mass is 10.1. The fourth-order valence-corrected chi connectivity index (χ4v) is 3.36. The van der Waals surface area contributed by atoms with Crippen molar-refractivity contribution in [3.63, 3.8) is 0 Å². The Morgan fingerprint density at radius 2 is 1.92 bits per heavy atom. The van der Waals surface area contributed by atoms with Gasteiger partial charge in [0.05, 0.1) is 12.2 Å². The number of nitrogens with zero attached hydrogens (tertiary/aromatic N) is 3. The van der Waals surface area contributed by atoms with E-state index in [1.54, 1.807) is 6.20 Å². The number of aryl methyl sites for hydroxylation is 3. The van der Waals surface area contributed by atoms with Crippen LogP contribution in [-0.4, -0.2) is 20.7 Å². The van der Waals surface area contributed by atoms with Crippen molar-refractivity contribution in [3.8, 4) is 0 Å². The van der Waals surface area contributed by atoms with Gasteiger partial charge in [-0.1, -0.05) is 29.8 Å². The van der Waals surface area contributed by atoms with Gasteiger partial charge in [-0.15, -0.1) is 11.3 Å². The number of thiazole rings is 1. The highest BCUT2D eigenvalue weighted by Crippen LogP contribution is 2.18. The monoisotopic (exact) mass is 366 g/mol. The maximum Gasteiger partial charge on any atom is 0.250 e. The molecule has 2 aromatic heterocycles. The van der Waals surface area contributed by atoms with Crippen LogP contribution >= 0.6 is 11.3 Å². The molecule has 0 fully saturated rings. The number of benzene rings is 1. The number of hydrogen-bond donors (Lipinski definition) is 1. The number of nitrogens with one attached hydrogen (secondary N) is 1. The molecule has 134 valence electrons. The molecular weight excluding hydrogens is 344 g/mol. The smallest absolute Gasteiger partial charge is 0.250 e. The Labute approximate surface area is 157 Å². The van der Waals surface area contributed by atoms with Gasteiger partial charge >= 0.3 is 0 Å². The molecule has 3 aromatic rings. The van der Waals surface area contributed by atoms with Crippen molar-refractivity contribution in [2.75, 3.05) is 5.32 Å². The summed E-state index contributed by atoms with van der Waals surface area (Å²) in [6.45, 7) is 8.73. The Hall–Kier alpha value is -2.73. The molecule has 0 unspecified atom stereocenters. The van der Waals surface area contributed by atoms with Crippen LogP contribution in [-0.2, 0) is 11.3 Å². The summed E-state index contributed by atoms with van der Waals surface area (Å²) in [6.07, 6.45) is 5.09. The predicted molar refractivity (Wildman–Crippen MR) is 106 cm³/mol. The third-order valence-corrected chi connectivity index (χ3v) is 4.97. The number of carbonyl (C=O) groups is 1. The first-order chi connectivity index (χ1) is 12.4. The normalized spacial score (nSPS) is 11.2. The van der Waals surface area contributed by atoms with Gasteiger partial charge in [0.25, 0.3) is 0 Å². The van der Waals surface area contributed by atoms with Gasteiger partial charge in [0, 0.05) is 28.4 Å². The average Bonchev–Trinajstić information content (AvgIpc) is 3.11. The zero-order chi connectivity index (χ0) is 18.7. The summed E-state index contributed by atoms with van der Waals surface area (Å²) in [4.78, 5) is 17.3. The lowest BCUT2D eigenvalue weighted by Crippen LogP contribution is -2.07. The molecule has 2 heterocycles. The number of carbonyl (C=O) groups excluding carboxylic acids is 1. The van der Waals surface area contributed by atoms with Gasteiger partial charge in [0.15, 0.2) is 5.13 Å². The van der Waals surface area contributed by atoms with Crippen molar-refractivity contribution in [3.05, 3.63) is 69.5 Å². The highest BCUT2D eigenvalue weighted by molar-refractivity contribution is 7.15. The van der Waals surface area contributed by atoms with Crippen molar-refractivity contribution in [1.82, 2.24) is 14.8 Å². The fraction of sp³-hybridized carbons (Fsp3) is 0.250. The molecule has 0 aliphatic rings. The molecule has 1 N–H and O–H groups in total. The second-order valence-corrected chi connectivity index (χ2v) is 7.56. The summed E-state index contributed by atoms with van der Waals surface area (Å²) in [5.41, 5.74) is 5.37. The van der Waals surface area contributed by atoms with Crippen molar-refractivity contribution < 1.29 is 4.79 Å². The molecule has 0 bridgehead atoms. The van der Waals surface area contributed by atoms with Gasteiger partial charge in [-0.25, -0.2) is 4.98 Å². The van der Waals surface area contributed by atoms with E-state index in [0.29, 0.717) is 11.7 Å². The molecule has 0 saturated carbocycles. The molecule has 0 atom stereocenters. The summed E-state index contributed by atoms with van der Waals surface area (Å²) in [7, 11) is 0. The lowest BCUT2D eigenvalue weighted by Gasteiger charge is -2.05. The van der Waals surface area contributed by atoms with E-state index in [-0.39, 0.29) is 5.91 Å². The first-order valence-corrected chi connectivity index (χ1v) is 9.25. The molecule has 1 amide bonds. The maximum absolute atomic E-state index is 12.1. The van der Waals surface area contributed by atoms with Crippen LogP contribution in [0.2, 0.25) is 0 Å². The highest BCUT2D eigenvalue weighted by atomic mass is 32.1. The molecule has 0 aliphatic carbocycles. The second kappa shape index (κ2) is 7.66. The lowest BCUT2D eigenvalue weighted by molar-refractivity contribution is -0.111. The van der Waals surface area contributed by atoms with E-state index in [4.69, 9.17) is 0 Å². The van der Waals surface area contributed by atoms with Gasteiger partial charge < -0.3 is 0 Å². The van der Waals surface area contributed by atoms with Crippen LogP contribution in [0.15, 0.2) is 36.5 Å². The minimum absolute atomic E-state index is 0.190. The van der Waals surface area contributed by atoms with E-state index in [0.717, 1.165) is 21.8 Å². The van der Waals surface area contributed by atoms with E-state index < -0.39 is 0 Å². The average molecular weight is 366 g/mol. The summed E-state index contributed by atoms with van der Waals surface area (Å²) in [6, 6.07) is 8.44. The topological polar surface area (TPSA) is 59.8 Å². The number of hydrogen-bond acceptors (Lipinski definition) is 4. The van der Waals surface area contributed by atoms with Crippen molar-refractivity contribution >= 4 is 28.5 Å². The summed E-state index contributed by atoms with van der Waals surface area (Å²) in [5.74, 6) is -0.190. The molecular formula is C20H22N4OS. The zero-order valence-electron chi connectivity index (χ0n) is 15.4. The van der Waals surface area contributed by atoms with Crippen molar-refractivity contribution in [1.29, 1.82) is 0 Å². The molecule has 0 aliphatic heterocycles. The van der Waals surface area contributed by atoms with E-state index in [1.165, 1.54) is 28.5 Å². The molecule has 3 rings (SSSR count). The van der Waals surface area contributed by atoms with Crippen LogP contribution in [0.1, 0.15) is 33.0 Å². The molecule has 0 radical (unpaired) electrons. The summed E-state index contributed by atoms with van der Waals surface area (Å²) in [5, 5.41) is 8.01. The van der Waals surface area contributed by atoms with Crippen LogP contribution in [0.25, 0.3) is 6.08 Å². The highest BCUT2D eigenvalue weighted by Gasteiger charge is 2.10. The van der Waals surface area contributed by atoms with Crippen LogP contribution in [0.5, 0.6) is 0 Å². The molecule has 1 aromatic carbocycles. The Morgan fingerprint density at radius 3 is 2.58 bits per heavy atom. The van der Waals surface area contributed by atoms with E-state index >= 15 is 0 Å². The first-order valence-electron chi connectivity index (χ1n) is 8.43. The van der Waals surface area contributed by atoms with Crippen molar-refractivity contribution in [2.24, 2.45) is 0 Å². The number of aromatic nitrogens is 3. The Kier molecular flexibility index (Phi) is 5.32. The maximum atomic E-state index is 12.1. The zero-order valence-corrected chi connectivity index (χ0v) is 16.2. The Bertz CT molecular complexity index is 951. The molecule has 26 heavy (non-hydrogen) atoms. The van der Waals surface area contributed by atoms with Gasteiger partial charge in [-0.05, 0) is 39.3 Å². The number of amides is 1. The Morgan fingerprint density at radius 1 is 1.19 bits per heavy atom. The molecule has 0 saturated heterocycles. The van der Waals surface area contributed by atoms with E-state index in [9.17, 15) is 4.79 Å². The predicted octanol–water partition coefficient (Wildman–Crippen LogP) is 4.27. The molecule has 5 nitrogen and oxygen atoms in total. The standard InChI is InChI=1S/C20H22N4OS/c1-13-5-7-17(8-6-13)12-24-16(4)18(15(3)23-24)9-10-19(25)22-20-21-11-14(2)26-20/h5-11H,12H2,1-4H3,(H,21,22,25)/b10-9+.